The summed E-state index contributed by atoms with van der Waals surface area (Å²) in [4.78, 5) is 70.7. The summed E-state index contributed by atoms with van der Waals surface area (Å²) in [5.74, 6) is -2.19. The number of esters is 4. The summed E-state index contributed by atoms with van der Waals surface area (Å²) in [5, 5.41) is 10.4. The molecule has 2 unspecified atom stereocenters. The lowest BCUT2D eigenvalue weighted by atomic mass is 10.1. The maximum atomic E-state index is 12.8. The zero-order valence-corrected chi connectivity index (χ0v) is 42.9. The molecule has 0 aromatic rings. The highest BCUT2D eigenvalue weighted by atomic mass is 31.2. The molecule has 0 bridgehead atoms. The van der Waals surface area contributed by atoms with E-state index in [9.17, 15) is 43.2 Å². The lowest BCUT2D eigenvalue weighted by Gasteiger charge is -2.21. The Morgan fingerprint density at radius 1 is 0.364 bits per heavy atom. The van der Waals surface area contributed by atoms with E-state index in [4.69, 9.17) is 37.0 Å². The largest absolute Gasteiger partial charge is 0.472 e. The van der Waals surface area contributed by atoms with Gasteiger partial charge >= 0.3 is 39.5 Å². The molecule has 0 saturated carbocycles. The smallest absolute Gasteiger partial charge is 0.462 e. The Labute approximate surface area is 397 Å². The molecule has 0 radical (unpaired) electrons. The molecule has 3 N–H and O–H groups in total. The number of ether oxygens (including phenoxy) is 4. The molecular weight excluding hydrogens is 898 g/mol. The Bertz CT molecular complexity index is 1320. The van der Waals surface area contributed by atoms with E-state index in [1.165, 1.54) is 32.1 Å². The second-order valence-electron chi connectivity index (χ2n) is 17.1. The topological polar surface area (TPSA) is 237 Å². The Balaban J connectivity index is 5.12. The quantitative estimate of drug-likeness (QED) is 0.0222. The highest BCUT2D eigenvalue weighted by molar-refractivity contribution is 7.47. The van der Waals surface area contributed by atoms with Crippen molar-refractivity contribution < 1.29 is 80.2 Å². The van der Waals surface area contributed by atoms with Crippen LogP contribution in [-0.4, -0.2) is 96.7 Å². The van der Waals surface area contributed by atoms with Crippen LogP contribution in [0.3, 0.4) is 0 Å². The Morgan fingerprint density at radius 2 is 0.606 bits per heavy atom. The van der Waals surface area contributed by atoms with Crippen molar-refractivity contribution in [3.05, 3.63) is 0 Å². The zero-order valence-electron chi connectivity index (χ0n) is 41.1. The molecule has 66 heavy (non-hydrogen) atoms. The third kappa shape index (κ3) is 42.2. The number of carbonyl (C=O) groups is 4. The summed E-state index contributed by atoms with van der Waals surface area (Å²) in [6, 6.07) is 0. The predicted molar refractivity (Wildman–Crippen MR) is 252 cm³/mol. The van der Waals surface area contributed by atoms with E-state index in [0.29, 0.717) is 25.7 Å². The maximum absolute atomic E-state index is 12.8. The average Bonchev–Trinajstić information content (AvgIpc) is 3.28. The van der Waals surface area contributed by atoms with Crippen molar-refractivity contribution in [1.82, 2.24) is 0 Å². The molecule has 0 aliphatic heterocycles. The van der Waals surface area contributed by atoms with E-state index in [0.717, 1.165) is 109 Å². The third-order valence-corrected chi connectivity index (χ3v) is 12.5. The molecule has 0 spiro atoms. The summed E-state index contributed by atoms with van der Waals surface area (Å²) >= 11 is 0. The van der Waals surface area contributed by atoms with Gasteiger partial charge in [-0.3, -0.25) is 37.3 Å². The molecule has 390 valence electrons. The van der Waals surface area contributed by atoms with E-state index in [-0.39, 0.29) is 25.7 Å². The fraction of sp³-hybridized carbons (Fsp3) is 0.915. The standard InChI is InChI=1S/C47H90O17P2/c1-5-9-13-17-20-22-25-29-32-45(50)58-38-43(64-47(52)34-30-26-23-21-18-14-10-6-2)40-62-66(55,56)60-36-41(48)35-59-65(53,54)61-39-42(63-46(51)33-27-16-12-8-4)37-57-44(49)31-28-24-19-15-11-7-3/h41-43,48H,5-40H2,1-4H3,(H,53,54)(H,55,56)/t41-,42-,43-/m1/s1. The molecule has 0 amide bonds. The van der Waals surface area contributed by atoms with Crippen molar-refractivity contribution >= 4 is 39.5 Å². The van der Waals surface area contributed by atoms with Crippen LogP contribution in [0, 0.1) is 0 Å². The number of hydrogen-bond donors (Lipinski definition) is 3. The van der Waals surface area contributed by atoms with Crippen molar-refractivity contribution in [2.45, 2.75) is 239 Å². The molecule has 0 heterocycles. The normalized spacial score (nSPS) is 14.7. The van der Waals surface area contributed by atoms with Gasteiger partial charge in [0.05, 0.1) is 26.4 Å². The van der Waals surface area contributed by atoms with Gasteiger partial charge in [-0.25, -0.2) is 9.13 Å². The van der Waals surface area contributed by atoms with E-state index in [1.54, 1.807) is 0 Å². The average molecular weight is 989 g/mol. The van der Waals surface area contributed by atoms with Gasteiger partial charge in [-0.15, -0.1) is 0 Å². The first-order valence-electron chi connectivity index (χ1n) is 25.3. The van der Waals surface area contributed by atoms with Crippen molar-refractivity contribution in [3.63, 3.8) is 0 Å². The number of aliphatic hydroxyl groups excluding tert-OH is 1. The minimum Gasteiger partial charge on any atom is -0.462 e. The molecule has 19 heteroatoms. The monoisotopic (exact) mass is 989 g/mol. The van der Waals surface area contributed by atoms with Crippen LogP contribution in [0.4, 0.5) is 0 Å². The SMILES string of the molecule is CCCCCCCCCCC(=O)OC[C@H](COP(=O)(O)OC[C@H](O)COP(=O)(O)OC[C@@H](COC(=O)CCCCCCCC)OC(=O)CCCCCC)OC(=O)CCCCCCCCCC. The number of phosphoric acid groups is 2. The molecule has 0 aliphatic rings. The molecule has 0 saturated heterocycles. The van der Waals surface area contributed by atoms with Gasteiger partial charge in [0, 0.05) is 25.7 Å². The van der Waals surface area contributed by atoms with Crippen LogP contribution in [0.15, 0.2) is 0 Å². The highest BCUT2D eigenvalue weighted by Crippen LogP contribution is 2.45. The highest BCUT2D eigenvalue weighted by Gasteiger charge is 2.30. The molecule has 5 atom stereocenters. The van der Waals surface area contributed by atoms with Gasteiger partial charge in [-0.2, -0.15) is 0 Å². The Morgan fingerprint density at radius 3 is 0.909 bits per heavy atom. The molecule has 0 aromatic carbocycles. The first-order valence-corrected chi connectivity index (χ1v) is 28.3. The third-order valence-electron chi connectivity index (χ3n) is 10.6. The summed E-state index contributed by atoms with van der Waals surface area (Å²) in [5.41, 5.74) is 0. The molecule has 0 rings (SSSR count). The van der Waals surface area contributed by atoms with E-state index < -0.39 is 97.5 Å². The second-order valence-corrected chi connectivity index (χ2v) is 20.0. The molecule has 0 fully saturated rings. The van der Waals surface area contributed by atoms with E-state index >= 15 is 0 Å². The molecular formula is C47H90O17P2. The summed E-state index contributed by atoms with van der Waals surface area (Å²) in [6.45, 7) is 4.51. The van der Waals surface area contributed by atoms with Crippen LogP contribution >= 0.6 is 15.6 Å². The van der Waals surface area contributed by atoms with Crippen LogP contribution < -0.4 is 0 Å². The van der Waals surface area contributed by atoms with E-state index in [1.807, 2.05) is 6.92 Å². The van der Waals surface area contributed by atoms with Gasteiger partial charge < -0.3 is 33.8 Å². The second kappa shape index (κ2) is 43.1. The van der Waals surface area contributed by atoms with Crippen LogP contribution in [0.1, 0.15) is 220 Å². The van der Waals surface area contributed by atoms with Crippen LogP contribution in [0.2, 0.25) is 0 Å². The Kier molecular flexibility index (Phi) is 41.8. The van der Waals surface area contributed by atoms with Crippen molar-refractivity contribution in [2.75, 3.05) is 39.6 Å². The van der Waals surface area contributed by atoms with Crippen LogP contribution in [-0.2, 0) is 65.4 Å². The lowest BCUT2D eigenvalue weighted by Crippen LogP contribution is -2.30. The van der Waals surface area contributed by atoms with E-state index in [2.05, 4.69) is 20.8 Å². The zero-order chi connectivity index (χ0) is 49.2. The summed E-state index contributed by atoms with van der Waals surface area (Å²) in [7, 11) is -9.82. The predicted octanol–water partition coefficient (Wildman–Crippen LogP) is 11.3. The minimum atomic E-state index is -4.92. The number of phosphoric ester groups is 2. The summed E-state index contributed by atoms with van der Waals surface area (Å²) in [6.07, 6.45) is 22.1. The van der Waals surface area contributed by atoms with Gasteiger partial charge in [0.1, 0.15) is 19.3 Å². The minimum absolute atomic E-state index is 0.0954. The first-order chi connectivity index (χ1) is 31.7. The number of aliphatic hydroxyl groups is 1. The Hall–Kier alpha value is -1.94. The van der Waals surface area contributed by atoms with Crippen LogP contribution in [0.25, 0.3) is 0 Å². The number of carbonyl (C=O) groups excluding carboxylic acids is 4. The van der Waals surface area contributed by atoms with Gasteiger partial charge in [-0.05, 0) is 25.7 Å². The van der Waals surface area contributed by atoms with Gasteiger partial charge in [0.15, 0.2) is 12.2 Å². The molecule has 0 aromatic heterocycles. The molecule has 0 aliphatic carbocycles. The number of rotatable bonds is 48. The van der Waals surface area contributed by atoms with Gasteiger partial charge in [0.2, 0.25) is 0 Å². The van der Waals surface area contributed by atoms with Crippen LogP contribution in [0.5, 0.6) is 0 Å². The first kappa shape index (κ1) is 64.1. The fourth-order valence-electron chi connectivity index (χ4n) is 6.63. The van der Waals surface area contributed by atoms with Gasteiger partial charge in [0.25, 0.3) is 0 Å². The van der Waals surface area contributed by atoms with Crippen molar-refractivity contribution in [3.8, 4) is 0 Å². The van der Waals surface area contributed by atoms with Gasteiger partial charge in [-0.1, -0.05) is 169 Å². The maximum Gasteiger partial charge on any atom is 0.472 e. The lowest BCUT2D eigenvalue weighted by molar-refractivity contribution is -0.161. The van der Waals surface area contributed by atoms with Crippen molar-refractivity contribution in [1.29, 1.82) is 0 Å². The fourth-order valence-corrected chi connectivity index (χ4v) is 8.21. The number of unbranched alkanes of at least 4 members (excludes halogenated alkanes) is 22. The van der Waals surface area contributed by atoms with Crippen molar-refractivity contribution in [2.24, 2.45) is 0 Å². The number of hydrogen-bond acceptors (Lipinski definition) is 15. The summed E-state index contributed by atoms with van der Waals surface area (Å²) < 4.78 is 66.7. The molecule has 17 nitrogen and oxygen atoms in total.